The van der Waals surface area contributed by atoms with E-state index in [9.17, 15) is 9.59 Å². The highest BCUT2D eigenvalue weighted by molar-refractivity contribution is 6.05. The van der Waals surface area contributed by atoms with E-state index in [-0.39, 0.29) is 18.4 Å². The molecule has 1 saturated heterocycles. The summed E-state index contributed by atoms with van der Waals surface area (Å²) >= 11 is 0. The third kappa shape index (κ3) is 2.60. The van der Waals surface area contributed by atoms with Crippen LogP contribution >= 0.6 is 0 Å². The second-order valence-electron chi connectivity index (χ2n) is 6.28. The number of hydrogen-bond acceptors (Lipinski definition) is 3. The Hall–Kier alpha value is -1.68. The molecule has 1 heterocycles. The highest BCUT2D eigenvalue weighted by Gasteiger charge is 2.51. The van der Waals surface area contributed by atoms with Crippen molar-refractivity contribution in [2.24, 2.45) is 5.41 Å². The topological polar surface area (TPSA) is 57.6 Å². The molecule has 1 aliphatic carbocycles. The highest BCUT2D eigenvalue weighted by atomic mass is 16.3. The van der Waals surface area contributed by atoms with Crippen molar-refractivity contribution in [3.63, 3.8) is 0 Å². The molecule has 4 nitrogen and oxygen atoms in total. The number of amides is 2. The van der Waals surface area contributed by atoms with Gasteiger partial charge in [-0.3, -0.25) is 14.5 Å². The van der Waals surface area contributed by atoms with Gasteiger partial charge in [0.1, 0.15) is 0 Å². The van der Waals surface area contributed by atoms with E-state index in [1.807, 2.05) is 24.3 Å². The zero-order chi connectivity index (χ0) is 14.9. The lowest BCUT2D eigenvalue weighted by atomic mass is 9.73. The van der Waals surface area contributed by atoms with Crippen LogP contribution in [-0.2, 0) is 22.7 Å². The summed E-state index contributed by atoms with van der Waals surface area (Å²) in [4.78, 5) is 26.4. The second kappa shape index (κ2) is 5.60. The van der Waals surface area contributed by atoms with Crippen LogP contribution < -0.4 is 0 Å². The minimum absolute atomic E-state index is 0.00493. The first kappa shape index (κ1) is 14.3. The maximum atomic E-state index is 12.7. The number of hydrogen-bond donors (Lipinski definition) is 1. The minimum Gasteiger partial charge on any atom is -0.392 e. The molecule has 2 aliphatic rings. The Balaban J connectivity index is 1.75. The molecule has 2 fully saturated rings. The standard InChI is InChI=1S/C17H21NO3/c19-12-14-6-4-13(5-7-14)11-18-15(20)10-17(16(18)21)8-2-1-3-9-17/h4-7,19H,1-3,8-12H2. The molecular formula is C17H21NO3. The molecule has 1 N–H and O–H groups in total. The molecule has 112 valence electrons. The molecule has 0 atom stereocenters. The fourth-order valence-corrected chi connectivity index (χ4v) is 3.57. The Morgan fingerprint density at radius 3 is 2.24 bits per heavy atom. The van der Waals surface area contributed by atoms with Gasteiger partial charge in [0.2, 0.25) is 11.8 Å². The maximum Gasteiger partial charge on any atom is 0.236 e. The Morgan fingerprint density at radius 1 is 1.00 bits per heavy atom. The number of aliphatic hydroxyl groups excluding tert-OH is 1. The van der Waals surface area contributed by atoms with Crippen molar-refractivity contribution in [3.8, 4) is 0 Å². The number of carbonyl (C=O) groups is 2. The molecule has 1 aliphatic heterocycles. The van der Waals surface area contributed by atoms with E-state index in [4.69, 9.17) is 5.11 Å². The largest absolute Gasteiger partial charge is 0.392 e. The van der Waals surface area contributed by atoms with Gasteiger partial charge in [0.05, 0.1) is 18.6 Å². The van der Waals surface area contributed by atoms with Crippen LogP contribution in [0.25, 0.3) is 0 Å². The van der Waals surface area contributed by atoms with Crippen molar-refractivity contribution in [3.05, 3.63) is 35.4 Å². The summed E-state index contributed by atoms with van der Waals surface area (Å²) in [5, 5.41) is 9.04. The molecule has 1 spiro atoms. The maximum absolute atomic E-state index is 12.7. The summed E-state index contributed by atoms with van der Waals surface area (Å²) in [6.45, 7) is 0.357. The van der Waals surface area contributed by atoms with Gasteiger partial charge in [0, 0.05) is 6.42 Å². The second-order valence-corrected chi connectivity index (χ2v) is 6.28. The molecule has 21 heavy (non-hydrogen) atoms. The first-order chi connectivity index (χ1) is 10.1. The lowest BCUT2D eigenvalue weighted by molar-refractivity contribution is -0.142. The van der Waals surface area contributed by atoms with Gasteiger partial charge in [-0.05, 0) is 24.0 Å². The van der Waals surface area contributed by atoms with Gasteiger partial charge in [0.15, 0.2) is 0 Å². The molecule has 0 bridgehead atoms. The van der Waals surface area contributed by atoms with E-state index >= 15 is 0 Å². The summed E-state index contributed by atoms with van der Waals surface area (Å²) in [6, 6.07) is 7.41. The summed E-state index contributed by atoms with van der Waals surface area (Å²) in [7, 11) is 0. The molecule has 1 aromatic carbocycles. The molecule has 3 rings (SSSR count). The van der Waals surface area contributed by atoms with Crippen LogP contribution in [0.5, 0.6) is 0 Å². The minimum atomic E-state index is -0.402. The van der Waals surface area contributed by atoms with Crippen molar-refractivity contribution >= 4 is 11.8 Å². The lowest BCUT2D eigenvalue weighted by Gasteiger charge is -2.30. The third-order valence-electron chi connectivity index (χ3n) is 4.85. The SMILES string of the molecule is O=C1CC2(CCCCC2)C(=O)N1Cc1ccc(CO)cc1. The fourth-order valence-electron chi connectivity index (χ4n) is 3.57. The van der Waals surface area contributed by atoms with Gasteiger partial charge in [-0.1, -0.05) is 43.5 Å². The number of likely N-dealkylation sites (tertiary alicyclic amines) is 1. The summed E-state index contributed by atoms with van der Waals surface area (Å²) in [5.74, 6) is -0.00781. The normalized spacial score (nSPS) is 21.3. The van der Waals surface area contributed by atoms with E-state index in [1.165, 1.54) is 11.3 Å². The fraction of sp³-hybridized carbons (Fsp3) is 0.529. The van der Waals surface area contributed by atoms with Gasteiger partial charge in [-0.25, -0.2) is 0 Å². The number of carbonyl (C=O) groups excluding carboxylic acids is 2. The highest BCUT2D eigenvalue weighted by Crippen LogP contribution is 2.45. The van der Waals surface area contributed by atoms with Crippen LogP contribution in [-0.4, -0.2) is 21.8 Å². The van der Waals surface area contributed by atoms with Crippen molar-refractivity contribution in [1.82, 2.24) is 4.90 Å². The number of imide groups is 1. The van der Waals surface area contributed by atoms with Gasteiger partial charge in [-0.2, -0.15) is 0 Å². The van der Waals surface area contributed by atoms with Gasteiger partial charge < -0.3 is 5.11 Å². The van der Waals surface area contributed by atoms with Crippen molar-refractivity contribution < 1.29 is 14.7 Å². The Kier molecular flexibility index (Phi) is 3.81. The number of rotatable bonds is 3. The van der Waals surface area contributed by atoms with E-state index in [0.29, 0.717) is 13.0 Å². The molecule has 1 saturated carbocycles. The van der Waals surface area contributed by atoms with Crippen molar-refractivity contribution in [1.29, 1.82) is 0 Å². The third-order valence-corrected chi connectivity index (χ3v) is 4.85. The zero-order valence-electron chi connectivity index (χ0n) is 12.2. The summed E-state index contributed by atoms with van der Waals surface area (Å²) in [6.07, 6.45) is 5.39. The van der Waals surface area contributed by atoms with Gasteiger partial charge >= 0.3 is 0 Å². The molecular weight excluding hydrogens is 266 g/mol. The van der Waals surface area contributed by atoms with Crippen LogP contribution in [0.1, 0.15) is 49.7 Å². The van der Waals surface area contributed by atoms with E-state index in [1.54, 1.807) is 0 Å². The van der Waals surface area contributed by atoms with Crippen LogP contribution in [0.2, 0.25) is 0 Å². The van der Waals surface area contributed by atoms with Gasteiger partial charge in [0.25, 0.3) is 0 Å². The van der Waals surface area contributed by atoms with Crippen molar-refractivity contribution in [2.45, 2.75) is 51.7 Å². The first-order valence-corrected chi connectivity index (χ1v) is 7.68. The van der Waals surface area contributed by atoms with Crippen LogP contribution in [0.4, 0.5) is 0 Å². The smallest absolute Gasteiger partial charge is 0.236 e. The predicted molar refractivity (Wildman–Crippen MR) is 78.1 cm³/mol. The first-order valence-electron chi connectivity index (χ1n) is 7.68. The molecule has 4 heteroatoms. The van der Waals surface area contributed by atoms with E-state index < -0.39 is 5.41 Å². The van der Waals surface area contributed by atoms with Crippen LogP contribution in [0.15, 0.2) is 24.3 Å². The van der Waals surface area contributed by atoms with Crippen LogP contribution in [0.3, 0.4) is 0 Å². The summed E-state index contributed by atoms with van der Waals surface area (Å²) in [5.41, 5.74) is 1.36. The Labute approximate surface area is 124 Å². The molecule has 2 amide bonds. The summed E-state index contributed by atoms with van der Waals surface area (Å²) < 4.78 is 0. The predicted octanol–water partition coefficient (Wildman–Crippen LogP) is 2.39. The average molecular weight is 287 g/mol. The zero-order valence-corrected chi connectivity index (χ0v) is 12.2. The van der Waals surface area contributed by atoms with Crippen LogP contribution in [0, 0.1) is 5.41 Å². The van der Waals surface area contributed by atoms with E-state index in [0.717, 1.165) is 36.8 Å². The molecule has 0 radical (unpaired) electrons. The average Bonchev–Trinajstić information content (AvgIpc) is 2.73. The van der Waals surface area contributed by atoms with Gasteiger partial charge in [-0.15, -0.1) is 0 Å². The quantitative estimate of drug-likeness (QED) is 0.868. The van der Waals surface area contributed by atoms with Crippen molar-refractivity contribution in [2.75, 3.05) is 0 Å². The van der Waals surface area contributed by atoms with E-state index in [2.05, 4.69) is 0 Å². The lowest BCUT2D eigenvalue weighted by Crippen LogP contribution is -2.36. The molecule has 0 unspecified atom stereocenters. The molecule has 0 aromatic heterocycles. The number of nitrogens with zero attached hydrogens (tertiary/aromatic N) is 1. The Bertz CT molecular complexity index is 544. The molecule has 1 aromatic rings. The monoisotopic (exact) mass is 287 g/mol. The number of aliphatic hydroxyl groups is 1. The Morgan fingerprint density at radius 2 is 1.62 bits per heavy atom. The number of benzene rings is 1.